The maximum Gasteiger partial charge on any atom is 0.229 e. The summed E-state index contributed by atoms with van der Waals surface area (Å²) in [4.78, 5) is 22.3. The standard InChI is InChI=1S/C30H31N3O3/c1-20(2)36-26-15-9-23(10-16-26)18-29(35)33-30-27(17-22-7-5-4-6-8-22)32-28(19-31-30)25-13-11-24(12-14-25)21(3)34/h4-16,19-21,34H,17-18H2,1-3H3,(H,31,33,35). The Morgan fingerprint density at radius 1 is 0.917 bits per heavy atom. The van der Waals surface area contributed by atoms with E-state index in [4.69, 9.17) is 9.72 Å². The van der Waals surface area contributed by atoms with Gasteiger partial charge in [0.2, 0.25) is 5.91 Å². The zero-order chi connectivity index (χ0) is 25.5. The van der Waals surface area contributed by atoms with Gasteiger partial charge in [0.1, 0.15) is 5.75 Å². The third-order valence-corrected chi connectivity index (χ3v) is 5.67. The van der Waals surface area contributed by atoms with Gasteiger partial charge in [0.05, 0.1) is 36.2 Å². The molecule has 0 aliphatic rings. The lowest BCUT2D eigenvalue weighted by molar-refractivity contribution is -0.115. The van der Waals surface area contributed by atoms with E-state index in [1.165, 1.54) is 0 Å². The van der Waals surface area contributed by atoms with E-state index in [9.17, 15) is 9.90 Å². The summed E-state index contributed by atoms with van der Waals surface area (Å²) in [5.41, 5.74) is 5.08. The topological polar surface area (TPSA) is 84.3 Å². The lowest BCUT2D eigenvalue weighted by atomic mass is 10.1. The fraction of sp³-hybridized carbons (Fsp3) is 0.233. The molecule has 6 nitrogen and oxygen atoms in total. The monoisotopic (exact) mass is 481 g/mol. The van der Waals surface area contributed by atoms with Crippen molar-refractivity contribution in [2.45, 2.75) is 45.8 Å². The van der Waals surface area contributed by atoms with Crippen molar-refractivity contribution in [3.8, 4) is 17.0 Å². The van der Waals surface area contributed by atoms with Crippen molar-refractivity contribution < 1.29 is 14.6 Å². The first-order valence-corrected chi connectivity index (χ1v) is 12.1. The van der Waals surface area contributed by atoms with E-state index in [1.54, 1.807) is 13.1 Å². The molecule has 184 valence electrons. The molecule has 4 aromatic rings. The minimum atomic E-state index is -0.532. The Kier molecular flexibility index (Phi) is 8.08. The number of nitrogens with one attached hydrogen (secondary N) is 1. The Bertz CT molecular complexity index is 1290. The first-order chi connectivity index (χ1) is 17.4. The third-order valence-electron chi connectivity index (χ3n) is 5.67. The van der Waals surface area contributed by atoms with Crippen LogP contribution in [-0.4, -0.2) is 27.1 Å². The highest BCUT2D eigenvalue weighted by atomic mass is 16.5. The zero-order valence-electron chi connectivity index (χ0n) is 20.8. The maximum atomic E-state index is 12.9. The SMILES string of the molecule is CC(C)Oc1ccc(CC(=O)Nc2ncc(-c3ccc(C(C)O)cc3)nc2Cc2ccccc2)cc1. The second kappa shape index (κ2) is 11.6. The van der Waals surface area contributed by atoms with Crippen LogP contribution in [-0.2, 0) is 17.6 Å². The average Bonchev–Trinajstić information content (AvgIpc) is 2.86. The summed E-state index contributed by atoms with van der Waals surface area (Å²) in [6, 6.07) is 25.1. The van der Waals surface area contributed by atoms with Gasteiger partial charge < -0.3 is 15.2 Å². The summed E-state index contributed by atoms with van der Waals surface area (Å²) in [5, 5.41) is 12.7. The number of aliphatic hydroxyl groups excluding tert-OH is 1. The van der Waals surface area contributed by atoms with E-state index in [1.807, 2.05) is 92.7 Å². The van der Waals surface area contributed by atoms with Gasteiger partial charge in [-0.2, -0.15) is 0 Å². The Labute approximate surface area is 212 Å². The van der Waals surface area contributed by atoms with Crippen LogP contribution in [0.3, 0.4) is 0 Å². The van der Waals surface area contributed by atoms with Gasteiger partial charge in [0, 0.05) is 12.0 Å². The summed E-state index contributed by atoms with van der Waals surface area (Å²) in [5.74, 6) is 1.07. The molecule has 0 aliphatic heterocycles. The van der Waals surface area contributed by atoms with Crippen molar-refractivity contribution in [3.05, 3.63) is 107 Å². The molecule has 6 heteroatoms. The van der Waals surface area contributed by atoms with E-state index < -0.39 is 6.10 Å². The normalized spacial score (nSPS) is 11.8. The number of carbonyl (C=O) groups is 1. The maximum absolute atomic E-state index is 12.9. The molecule has 2 N–H and O–H groups in total. The van der Waals surface area contributed by atoms with Crippen molar-refractivity contribution in [1.29, 1.82) is 0 Å². The van der Waals surface area contributed by atoms with Crippen molar-refractivity contribution >= 4 is 11.7 Å². The molecular weight excluding hydrogens is 450 g/mol. The van der Waals surface area contributed by atoms with Crippen LogP contribution in [0.4, 0.5) is 5.82 Å². The third kappa shape index (κ3) is 6.77. The number of aromatic nitrogens is 2. The number of nitrogens with zero attached hydrogens (tertiary/aromatic N) is 2. The molecule has 0 bridgehead atoms. The van der Waals surface area contributed by atoms with Crippen LogP contribution in [0, 0.1) is 0 Å². The van der Waals surface area contributed by atoms with Crippen molar-refractivity contribution in [2.24, 2.45) is 0 Å². The predicted octanol–water partition coefficient (Wildman–Crippen LogP) is 5.76. The first kappa shape index (κ1) is 25.1. The van der Waals surface area contributed by atoms with E-state index in [2.05, 4.69) is 10.3 Å². The molecule has 1 heterocycles. The number of hydrogen-bond acceptors (Lipinski definition) is 5. The Hall–Kier alpha value is -4.03. The van der Waals surface area contributed by atoms with Crippen LogP contribution in [0.25, 0.3) is 11.3 Å². The Morgan fingerprint density at radius 2 is 1.61 bits per heavy atom. The van der Waals surface area contributed by atoms with Crippen molar-refractivity contribution in [3.63, 3.8) is 0 Å². The molecule has 0 saturated heterocycles. The van der Waals surface area contributed by atoms with Crippen molar-refractivity contribution in [2.75, 3.05) is 5.32 Å². The highest BCUT2D eigenvalue weighted by Crippen LogP contribution is 2.24. The summed E-state index contributed by atoms with van der Waals surface area (Å²) >= 11 is 0. The molecule has 0 aliphatic carbocycles. The van der Waals surface area contributed by atoms with Crippen LogP contribution >= 0.6 is 0 Å². The molecule has 3 aromatic carbocycles. The molecule has 0 spiro atoms. The van der Waals surface area contributed by atoms with Gasteiger partial charge in [-0.1, -0.05) is 66.7 Å². The molecule has 36 heavy (non-hydrogen) atoms. The fourth-order valence-electron chi connectivity index (χ4n) is 3.84. The zero-order valence-corrected chi connectivity index (χ0v) is 20.8. The number of anilines is 1. The second-order valence-electron chi connectivity index (χ2n) is 9.05. The first-order valence-electron chi connectivity index (χ1n) is 12.1. The van der Waals surface area contributed by atoms with Crippen LogP contribution in [0.5, 0.6) is 5.75 Å². The summed E-state index contributed by atoms with van der Waals surface area (Å²) < 4.78 is 5.68. The van der Waals surface area contributed by atoms with Gasteiger partial charge in [-0.05, 0) is 49.6 Å². The average molecular weight is 482 g/mol. The molecule has 1 atom stereocenters. The lowest BCUT2D eigenvalue weighted by Gasteiger charge is -2.13. The number of hydrogen-bond donors (Lipinski definition) is 2. The molecule has 0 fully saturated rings. The summed E-state index contributed by atoms with van der Waals surface area (Å²) in [7, 11) is 0. The van der Waals surface area contributed by atoms with E-state index in [0.29, 0.717) is 23.6 Å². The highest BCUT2D eigenvalue weighted by molar-refractivity contribution is 5.92. The molecule has 1 aromatic heterocycles. The van der Waals surface area contributed by atoms with E-state index in [0.717, 1.165) is 28.0 Å². The van der Waals surface area contributed by atoms with E-state index in [-0.39, 0.29) is 18.4 Å². The molecule has 0 radical (unpaired) electrons. The van der Waals surface area contributed by atoms with Crippen molar-refractivity contribution in [1.82, 2.24) is 9.97 Å². The molecular formula is C30H31N3O3. The van der Waals surface area contributed by atoms with Gasteiger partial charge in [0.15, 0.2) is 5.82 Å². The largest absolute Gasteiger partial charge is 0.491 e. The lowest BCUT2D eigenvalue weighted by Crippen LogP contribution is -2.17. The van der Waals surface area contributed by atoms with Gasteiger partial charge in [0.25, 0.3) is 0 Å². The molecule has 1 amide bonds. The smallest absolute Gasteiger partial charge is 0.229 e. The second-order valence-corrected chi connectivity index (χ2v) is 9.05. The Balaban J connectivity index is 1.55. The number of aliphatic hydroxyl groups is 1. The van der Waals surface area contributed by atoms with Crippen LogP contribution < -0.4 is 10.1 Å². The van der Waals surface area contributed by atoms with Gasteiger partial charge >= 0.3 is 0 Å². The number of ether oxygens (including phenoxy) is 1. The number of carbonyl (C=O) groups excluding carboxylic acids is 1. The summed E-state index contributed by atoms with van der Waals surface area (Å²) in [6.07, 6.45) is 1.98. The van der Waals surface area contributed by atoms with Crippen LogP contribution in [0.1, 0.15) is 49.3 Å². The molecule has 0 saturated carbocycles. The molecule has 4 rings (SSSR count). The van der Waals surface area contributed by atoms with E-state index >= 15 is 0 Å². The quantitative estimate of drug-likeness (QED) is 0.318. The van der Waals surface area contributed by atoms with Gasteiger partial charge in [-0.15, -0.1) is 0 Å². The fourth-order valence-corrected chi connectivity index (χ4v) is 3.84. The van der Waals surface area contributed by atoms with Gasteiger partial charge in [-0.25, -0.2) is 9.97 Å². The molecule has 1 unspecified atom stereocenters. The number of benzene rings is 3. The number of amides is 1. The van der Waals surface area contributed by atoms with Crippen LogP contribution in [0.15, 0.2) is 85.1 Å². The van der Waals surface area contributed by atoms with Crippen LogP contribution in [0.2, 0.25) is 0 Å². The summed E-state index contributed by atoms with van der Waals surface area (Å²) in [6.45, 7) is 5.69. The highest BCUT2D eigenvalue weighted by Gasteiger charge is 2.14. The minimum absolute atomic E-state index is 0.0971. The predicted molar refractivity (Wildman–Crippen MR) is 142 cm³/mol. The minimum Gasteiger partial charge on any atom is -0.491 e. The number of rotatable bonds is 9. The van der Waals surface area contributed by atoms with Gasteiger partial charge in [-0.3, -0.25) is 4.79 Å². The Morgan fingerprint density at radius 3 is 2.25 bits per heavy atom.